The molecule has 1 aromatic carbocycles. The van der Waals surface area contributed by atoms with Crippen LogP contribution in [0, 0.1) is 0 Å². The Hall–Kier alpha value is -1.02. The van der Waals surface area contributed by atoms with Gasteiger partial charge in [-0.05, 0) is 43.4 Å². The number of aromatic hydroxyl groups is 1. The summed E-state index contributed by atoms with van der Waals surface area (Å²) in [7, 11) is 0. The Balaban J connectivity index is 2.24. The maximum absolute atomic E-state index is 9.80. The van der Waals surface area contributed by atoms with Gasteiger partial charge < -0.3 is 9.84 Å². The van der Waals surface area contributed by atoms with Gasteiger partial charge in [-0.2, -0.15) is 0 Å². The second-order valence-corrected chi connectivity index (χ2v) is 4.10. The van der Waals surface area contributed by atoms with E-state index in [0.29, 0.717) is 5.75 Å². The molecule has 15 heavy (non-hydrogen) atoms. The van der Waals surface area contributed by atoms with Crippen molar-refractivity contribution < 1.29 is 9.84 Å². The fourth-order valence-electron chi connectivity index (χ4n) is 2.07. The first-order chi connectivity index (χ1) is 7.31. The Morgan fingerprint density at radius 2 is 2.27 bits per heavy atom. The van der Waals surface area contributed by atoms with Crippen molar-refractivity contribution in [1.29, 1.82) is 0 Å². The lowest BCUT2D eigenvalue weighted by atomic mass is 9.98. The molecule has 1 unspecified atom stereocenters. The highest BCUT2D eigenvalue weighted by Crippen LogP contribution is 2.33. The number of phenols is 1. The highest BCUT2D eigenvalue weighted by Gasteiger charge is 2.19. The van der Waals surface area contributed by atoms with Crippen LogP contribution < -0.4 is 0 Å². The van der Waals surface area contributed by atoms with E-state index in [-0.39, 0.29) is 6.10 Å². The molecule has 0 spiro atoms. The van der Waals surface area contributed by atoms with Gasteiger partial charge in [0.05, 0.1) is 6.10 Å². The molecule has 1 aliphatic rings. The maximum atomic E-state index is 9.80. The fourth-order valence-corrected chi connectivity index (χ4v) is 2.07. The van der Waals surface area contributed by atoms with Gasteiger partial charge in [-0.15, -0.1) is 0 Å². The second-order valence-electron chi connectivity index (χ2n) is 4.10. The normalized spacial score (nSPS) is 21.5. The summed E-state index contributed by atoms with van der Waals surface area (Å²) in [6.45, 7) is 2.94. The summed E-state index contributed by atoms with van der Waals surface area (Å²) >= 11 is 0. The maximum Gasteiger partial charge on any atom is 0.121 e. The number of ether oxygens (including phenoxy) is 1. The summed E-state index contributed by atoms with van der Waals surface area (Å²) < 4.78 is 5.68. The summed E-state index contributed by atoms with van der Waals surface area (Å²) in [4.78, 5) is 0. The average molecular weight is 206 g/mol. The molecule has 0 amide bonds. The molecule has 2 rings (SSSR count). The SMILES string of the molecule is CCc1ccc(O)c(C2CCCCO2)c1. The zero-order valence-corrected chi connectivity index (χ0v) is 9.20. The van der Waals surface area contributed by atoms with Crippen LogP contribution in [0.2, 0.25) is 0 Å². The molecule has 0 aliphatic carbocycles. The molecule has 0 saturated carbocycles. The quantitative estimate of drug-likeness (QED) is 0.805. The fraction of sp³-hybridized carbons (Fsp3) is 0.538. The van der Waals surface area contributed by atoms with E-state index < -0.39 is 0 Å². The molecule has 82 valence electrons. The van der Waals surface area contributed by atoms with Crippen molar-refractivity contribution in [1.82, 2.24) is 0 Å². The first kappa shape index (κ1) is 10.5. The van der Waals surface area contributed by atoms with Crippen LogP contribution in [0.4, 0.5) is 0 Å². The first-order valence-corrected chi connectivity index (χ1v) is 5.74. The molecule has 1 aliphatic heterocycles. The zero-order chi connectivity index (χ0) is 10.7. The van der Waals surface area contributed by atoms with E-state index in [4.69, 9.17) is 4.74 Å². The largest absolute Gasteiger partial charge is 0.508 e. The molecule has 2 heteroatoms. The van der Waals surface area contributed by atoms with Crippen LogP contribution in [-0.2, 0) is 11.2 Å². The topological polar surface area (TPSA) is 29.5 Å². The van der Waals surface area contributed by atoms with Crippen molar-refractivity contribution in [2.75, 3.05) is 6.61 Å². The molecule has 1 N–H and O–H groups in total. The average Bonchev–Trinajstić information content (AvgIpc) is 2.31. The van der Waals surface area contributed by atoms with Gasteiger partial charge in [0.1, 0.15) is 5.75 Å². The van der Waals surface area contributed by atoms with Gasteiger partial charge in [-0.3, -0.25) is 0 Å². The summed E-state index contributed by atoms with van der Waals surface area (Å²) in [5, 5.41) is 9.80. The van der Waals surface area contributed by atoms with Crippen molar-refractivity contribution in [3.05, 3.63) is 29.3 Å². The summed E-state index contributed by atoms with van der Waals surface area (Å²) in [5.41, 5.74) is 2.23. The van der Waals surface area contributed by atoms with E-state index in [1.54, 1.807) is 6.07 Å². The third-order valence-electron chi connectivity index (χ3n) is 3.03. The molecular formula is C13H18O2. The van der Waals surface area contributed by atoms with Gasteiger partial charge in [-0.1, -0.05) is 13.0 Å². The number of rotatable bonds is 2. The third-order valence-corrected chi connectivity index (χ3v) is 3.03. The molecule has 0 radical (unpaired) electrons. The van der Waals surface area contributed by atoms with Gasteiger partial charge in [-0.25, -0.2) is 0 Å². The van der Waals surface area contributed by atoms with Gasteiger partial charge in [0.15, 0.2) is 0 Å². The molecule has 1 fully saturated rings. The van der Waals surface area contributed by atoms with Crippen LogP contribution in [0.1, 0.15) is 43.4 Å². The van der Waals surface area contributed by atoms with Crippen LogP contribution in [0.15, 0.2) is 18.2 Å². The van der Waals surface area contributed by atoms with Crippen LogP contribution in [0.5, 0.6) is 5.75 Å². The molecule has 1 atom stereocenters. The van der Waals surface area contributed by atoms with Crippen LogP contribution in [-0.4, -0.2) is 11.7 Å². The highest BCUT2D eigenvalue weighted by atomic mass is 16.5. The van der Waals surface area contributed by atoms with Crippen LogP contribution in [0.3, 0.4) is 0 Å². The lowest BCUT2D eigenvalue weighted by Gasteiger charge is -2.24. The summed E-state index contributed by atoms with van der Waals surface area (Å²) in [5.74, 6) is 0.374. The van der Waals surface area contributed by atoms with E-state index in [2.05, 4.69) is 13.0 Å². The van der Waals surface area contributed by atoms with Gasteiger partial charge >= 0.3 is 0 Å². The lowest BCUT2D eigenvalue weighted by molar-refractivity contribution is 0.0136. The van der Waals surface area contributed by atoms with Gasteiger partial charge in [0.2, 0.25) is 0 Å². The van der Waals surface area contributed by atoms with E-state index in [0.717, 1.165) is 31.4 Å². The van der Waals surface area contributed by atoms with Crippen molar-refractivity contribution in [3.63, 3.8) is 0 Å². The van der Waals surface area contributed by atoms with Crippen LogP contribution >= 0.6 is 0 Å². The smallest absolute Gasteiger partial charge is 0.121 e. The predicted octanol–water partition coefficient (Wildman–Crippen LogP) is 3.20. The Morgan fingerprint density at radius 3 is 2.93 bits per heavy atom. The number of hydrogen-bond acceptors (Lipinski definition) is 2. The second kappa shape index (κ2) is 4.67. The van der Waals surface area contributed by atoms with E-state index in [9.17, 15) is 5.11 Å². The molecule has 1 heterocycles. The molecule has 0 aromatic heterocycles. The number of phenolic OH excluding ortho intramolecular Hbond substituents is 1. The van der Waals surface area contributed by atoms with E-state index in [1.807, 2.05) is 6.07 Å². The van der Waals surface area contributed by atoms with Crippen molar-refractivity contribution >= 4 is 0 Å². The van der Waals surface area contributed by atoms with Crippen molar-refractivity contribution in [2.24, 2.45) is 0 Å². The number of benzene rings is 1. The lowest BCUT2D eigenvalue weighted by Crippen LogP contribution is -2.11. The van der Waals surface area contributed by atoms with Crippen LogP contribution in [0.25, 0.3) is 0 Å². The Kier molecular flexibility index (Phi) is 3.27. The molecular weight excluding hydrogens is 188 g/mol. The summed E-state index contributed by atoms with van der Waals surface area (Å²) in [6, 6.07) is 5.83. The van der Waals surface area contributed by atoms with Gasteiger partial charge in [0, 0.05) is 12.2 Å². The monoisotopic (exact) mass is 206 g/mol. The molecule has 0 bridgehead atoms. The minimum Gasteiger partial charge on any atom is -0.508 e. The first-order valence-electron chi connectivity index (χ1n) is 5.74. The van der Waals surface area contributed by atoms with Crippen molar-refractivity contribution in [3.8, 4) is 5.75 Å². The van der Waals surface area contributed by atoms with Crippen molar-refractivity contribution in [2.45, 2.75) is 38.7 Å². The van der Waals surface area contributed by atoms with E-state index >= 15 is 0 Å². The zero-order valence-electron chi connectivity index (χ0n) is 9.20. The van der Waals surface area contributed by atoms with E-state index in [1.165, 1.54) is 12.0 Å². The molecule has 1 saturated heterocycles. The predicted molar refractivity (Wildman–Crippen MR) is 60.0 cm³/mol. The molecule has 1 aromatic rings. The minimum absolute atomic E-state index is 0.102. The number of aryl methyl sites for hydroxylation is 1. The standard InChI is InChI=1S/C13H18O2/c1-2-10-6-7-12(14)11(9-10)13-5-3-4-8-15-13/h6-7,9,13-14H,2-5,8H2,1H3. The Morgan fingerprint density at radius 1 is 1.40 bits per heavy atom. The Bertz CT molecular complexity index is 327. The van der Waals surface area contributed by atoms with Gasteiger partial charge in [0.25, 0.3) is 0 Å². The minimum atomic E-state index is 0.102. The highest BCUT2D eigenvalue weighted by molar-refractivity contribution is 5.38. The summed E-state index contributed by atoms with van der Waals surface area (Å²) in [6.07, 6.45) is 4.47. The third kappa shape index (κ3) is 2.32. The molecule has 2 nitrogen and oxygen atoms in total. The number of hydrogen-bond donors (Lipinski definition) is 1. The Labute approximate surface area is 90.9 Å².